The van der Waals surface area contributed by atoms with Crippen molar-refractivity contribution in [3.63, 3.8) is 0 Å². The smallest absolute Gasteiger partial charge is 0.228 e. The van der Waals surface area contributed by atoms with Gasteiger partial charge in [0, 0.05) is 19.2 Å². The predicted molar refractivity (Wildman–Crippen MR) is 54.4 cm³/mol. The van der Waals surface area contributed by atoms with Crippen LogP contribution in [0, 0.1) is 5.92 Å². The third-order valence-electron chi connectivity index (χ3n) is 3.09. The van der Waals surface area contributed by atoms with Crippen LogP contribution in [0.15, 0.2) is 0 Å². The number of hydrogen-bond donors (Lipinski definition) is 0. The highest BCUT2D eigenvalue weighted by Crippen LogP contribution is 2.25. The minimum absolute atomic E-state index is 0.0828. The van der Waals surface area contributed by atoms with Crippen LogP contribution in [-0.4, -0.2) is 42.0 Å². The lowest BCUT2D eigenvalue weighted by atomic mass is 10.1. The maximum Gasteiger partial charge on any atom is 0.228 e. The highest BCUT2D eigenvalue weighted by Gasteiger charge is 2.35. The SMILES string of the molecule is CC1CC(Cl)CN1C(=O)C1CCOC1. The molecule has 2 aliphatic heterocycles. The summed E-state index contributed by atoms with van der Waals surface area (Å²) < 4.78 is 5.22. The molecule has 0 bridgehead atoms. The first kappa shape index (κ1) is 10.2. The number of hydrogen-bond acceptors (Lipinski definition) is 2. The molecule has 3 nitrogen and oxygen atoms in total. The minimum atomic E-state index is 0.0828. The van der Waals surface area contributed by atoms with E-state index in [1.165, 1.54) is 0 Å². The molecule has 0 N–H and O–H groups in total. The fourth-order valence-corrected chi connectivity index (χ4v) is 2.64. The third-order valence-corrected chi connectivity index (χ3v) is 3.40. The Morgan fingerprint density at radius 1 is 1.57 bits per heavy atom. The van der Waals surface area contributed by atoms with E-state index in [9.17, 15) is 4.79 Å². The fourth-order valence-electron chi connectivity index (χ4n) is 2.24. The van der Waals surface area contributed by atoms with Gasteiger partial charge in [0.25, 0.3) is 0 Å². The molecule has 0 spiro atoms. The van der Waals surface area contributed by atoms with Gasteiger partial charge in [-0.3, -0.25) is 4.79 Å². The highest BCUT2D eigenvalue weighted by molar-refractivity contribution is 6.21. The molecule has 14 heavy (non-hydrogen) atoms. The van der Waals surface area contributed by atoms with Gasteiger partial charge < -0.3 is 9.64 Å². The van der Waals surface area contributed by atoms with E-state index in [0.717, 1.165) is 19.4 Å². The molecule has 0 aromatic rings. The molecule has 0 aromatic carbocycles. The molecule has 2 saturated heterocycles. The van der Waals surface area contributed by atoms with Crippen LogP contribution in [0.25, 0.3) is 0 Å². The molecule has 4 heteroatoms. The van der Waals surface area contributed by atoms with E-state index >= 15 is 0 Å². The van der Waals surface area contributed by atoms with Crippen LogP contribution in [0.5, 0.6) is 0 Å². The molecule has 2 aliphatic rings. The highest BCUT2D eigenvalue weighted by atomic mass is 35.5. The summed E-state index contributed by atoms with van der Waals surface area (Å²) in [5.74, 6) is 0.317. The Kier molecular flexibility index (Phi) is 2.98. The van der Waals surface area contributed by atoms with Crippen LogP contribution in [0.3, 0.4) is 0 Å². The zero-order valence-corrected chi connectivity index (χ0v) is 9.17. The van der Waals surface area contributed by atoms with Crippen LogP contribution in [0.4, 0.5) is 0 Å². The second-order valence-electron chi connectivity index (χ2n) is 4.23. The van der Waals surface area contributed by atoms with Crippen molar-refractivity contribution < 1.29 is 9.53 Å². The van der Waals surface area contributed by atoms with Crippen molar-refractivity contribution in [3.05, 3.63) is 0 Å². The van der Waals surface area contributed by atoms with E-state index in [-0.39, 0.29) is 17.2 Å². The van der Waals surface area contributed by atoms with Crippen molar-refractivity contribution >= 4 is 17.5 Å². The quantitative estimate of drug-likeness (QED) is 0.619. The Balaban J connectivity index is 1.96. The second kappa shape index (κ2) is 4.07. The summed E-state index contributed by atoms with van der Waals surface area (Å²) in [5.41, 5.74) is 0. The number of rotatable bonds is 1. The first-order valence-electron chi connectivity index (χ1n) is 5.20. The topological polar surface area (TPSA) is 29.5 Å². The number of nitrogens with zero attached hydrogens (tertiary/aromatic N) is 1. The maximum absolute atomic E-state index is 12.0. The van der Waals surface area contributed by atoms with Gasteiger partial charge in [-0.05, 0) is 19.8 Å². The summed E-state index contributed by atoms with van der Waals surface area (Å²) in [4.78, 5) is 13.9. The zero-order chi connectivity index (χ0) is 10.1. The molecule has 0 aliphatic carbocycles. The minimum Gasteiger partial charge on any atom is -0.381 e. The summed E-state index contributed by atoms with van der Waals surface area (Å²) in [5, 5.41) is 0.135. The average Bonchev–Trinajstić information content (AvgIpc) is 2.73. The lowest BCUT2D eigenvalue weighted by Gasteiger charge is -2.23. The first-order chi connectivity index (χ1) is 6.68. The van der Waals surface area contributed by atoms with E-state index in [0.29, 0.717) is 19.2 Å². The Morgan fingerprint density at radius 3 is 2.86 bits per heavy atom. The van der Waals surface area contributed by atoms with Gasteiger partial charge in [-0.2, -0.15) is 0 Å². The van der Waals surface area contributed by atoms with Crippen molar-refractivity contribution in [2.75, 3.05) is 19.8 Å². The summed E-state index contributed by atoms with van der Waals surface area (Å²) in [7, 11) is 0. The van der Waals surface area contributed by atoms with Crippen LogP contribution < -0.4 is 0 Å². The summed E-state index contributed by atoms with van der Waals surface area (Å²) in [6.07, 6.45) is 1.79. The summed E-state index contributed by atoms with van der Waals surface area (Å²) in [6, 6.07) is 0.297. The van der Waals surface area contributed by atoms with Crippen LogP contribution in [0.1, 0.15) is 19.8 Å². The van der Waals surface area contributed by atoms with E-state index in [1.54, 1.807) is 0 Å². The number of carbonyl (C=O) groups excluding carboxylic acids is 1. The lowest BCUT2D eigenvalue weighted by molar-refractivity contribution is -0.136. The van der Waals surface area contributed by atoms with Crippen molar-refractivity contribution in [2.45, 2.75) is 31.2 Å². The number of likely N-dealkylation sites (tertiary alicyclic amines) is 1. The molecule has 80 valence electrons. The van der Waals surface area contributed by atoms with Gasteiger partial charge in [0.15, 0.2) is 0 Å². The summed E-state index contributed by atoms with van der Waals surface area (Å²) >= 11 is 6.03. The van der Waals surface area contributed by atoms with E-state index in [4.69, 9.17) is 16.3 Å². The Labute approximate surface area is 89.4 Å². The predicted octanol–water partition coefficient (Wildman–Crippen LogP) is 1.25. The fraction of sp³-hybridized carbons (Fsp3) is 0.900. The third kappa shape index (κ3) is 1.89. The lowest BCUT2D eigenvalue weighted by Crippen LogP contribution is -2.38. The van der Waals surface area contributed by atoms with Crippen molar-refractivity contribution in [2.24, 2.45) is 5.92 Å². The van der Waals surface area contributed by atoms with Crippen molar-refractivity contribution in [1.82, 2.24) is 4.90 Å². The number of amides is 1. The summed E-state index contributed by atoms with van der Waals surface area (Å²) in [6.45, 7) is 4.09. The van der Waals surface area contributed by atoms with E-state index in [1.807, 2.05) is 4.90 Å². The first-order valence-corrected chi connectivity index (χ1v) is 5.64. The van der Waals surface area contributed by atoms with Gasteiger partial charge in [0.1, 0.15) is 0 Å². The molecule has 3 atom stereocenters. The largest absolute Gasteiger partial charge is 0.381 e. The van der Waals surface area contributed by atoms with E-state index < -0.39 is 0 Å². The molecule has 2 rings (SSSR count). The zero-order valence-electron chi connectivity index (χ0n) is 8.41. The molecule has 1 amide bonds. The average molecular weight is 218 g/mol. The number of carbonyl (C=O) groups is 1. The molecule has 2 heterocycles. The second-order valence-corrected chi connectivity index (χ2v) is 4.85. The van der Waals surface area contributed by atoms with Crippen LogP contribution >= 0.6 is 11.6 Å². The molecule has 2 fully saturated rings. The molecular weight excluding hydrogens is 202 g/mol. The van der Waals surface area contributed by atoms with Gasteiger partial charge in [0.05, 0.1) is 17.9 Å². The molecule has 0 radical (unpaired) electrons. The molecular formula is C10H16ClNO2. The van der Waals surface area contributed by atoms with Gasteiger partial charge >= 0.3 is 0 Å². The van der Waals surface area contributed by atoms with Gasteiger partial charge in [-0.1, -0.05) is 0 Å². The monoisotopic (exact) mass is 217 g/mol. The molecule has 0 aromatic heterocycles. The number of halogens is 1. The van der Waals surface area contributed by atoms with Gasteiger partial charge in [-0.15, -0.1) is 11.6 Å². The van der Waals surface area contributed by atoms with Crippen LogP contribution in [-0.2, 0) is 9.53 Å². The number of alkyl halides is 1. The Hall–Kier alpha value is -0.280. The van der Waals surface area contributed by atoms with Crippen molar-refractivity contribution in [1.29, 1.82) is 0 Å². The maximum atomic E-state index is 12.0. The molecule has 3 unspecified atom stereocenters. The van der Waals surface area contributed by atoms with E-state index in [2.05, 4.69) is 6.92 Å². The number of ether oxygens (including phenoxy) is 1. The standard InChI is InChI=1S/C10H16ClNO2/c1-7-4-9(11)5-12(7)10(13)8-2-3-14-6-8/h7-9H,2-6H2,1H3. The Bertz CT molecular complexity index is 228. The van der Waals surface area contributed by atoms with Crippen molar-refractivity contribution in [3.8, 4) is 0 Å². The van der Waals surface area contributed by atoms with Gasteiger partial charge in [-0.25, -0.2) is 0 Å². The van der Waals surface area contributed by atoms with Crippen LogP contribution in [0.2, 0.25) is 0 Å². The molecule has 0 saturated carbocycles. The van der Waals surface area contributed by atoms with Gasteiger partial charge in [0.2, 0.25) is 5.91 Å². The normalized spacial score (nSPS) is 37.9. The Morgan fingerprint density at radius 2 is 2.36 bits per heavy atom.